The minimum Gasteiger partial charge on any atom is -0.444 e. The van der Waals surface area contributed by atoms with Crippen LogP contribution in [0.3, 0.4) is 0 Å². The lowest BCUT2D eigenvalue weighted by atomic mass is 10.0. The molecule has 3 aromatic rings. The molecule has 4 rings (SSSR count). The number of likely N-dealkylation sites (tertiary alicyclic amines) is 1. The topological polar surface area (TPSA) is 98.0 Å². The smallest absolute Gasteiger partial charge is 0.410 e. The minimum absolute atomic E-state index is 0.00694. The summed E-state index contributed by atoms with van der Waals surface area (Å²) in [4.78, 5) is 35.0. The molecule has 2 N–H and O–H groups in total. The SMILES string of the molecule is CN(Cc1cccc(N)n1)C(=O)c1ccc(C[C@H]2CC[C@@H]([C@H](O[Si](C)(C)C(C)(C)C)c3ccccc3)N2C(=O)OC(C)(C)C)cc1. The quantitative estimate of drug-likeness (QED) is 0.237. The average molecular weight is 645 g/mol. The largest absolute Gasteiger partial charge is 0.444 e. The summed E-state index contributed by atoms with van der Waals surface area (Å²) < 4.78 is 13.1. The molecule has 0 aliphatic carbocycles. The van der Waals surface area contributed by atoms with Crippen LogP contribution in [-0.4, -0.2) is 59.8 Å². The number of ether oxygens (including phenoxy) is 1. The van der Waals surface area contributed by atoms with Crippen LogP contribution in [0.15, 0.2) is 72.8 Å². The van der Waals surface area contributed by atoms with Crippen LogP contribution in [0.1, 0.15) is 87.7 Å². The van der Waals surface area contributed by atoms with Gasteiger partial charge in [-0.3, -0.25) is 9.69 Å². The first kappa shape index (κ1) is 35.2. The Morgan fingerprint density at radius 2 is 1.61 bits per heavy atom. The number of nitrogens with zero attached hydrogens (tertiary/aromatic N) is 3. The van der Waals surface area contributed by atoms with Crippen molar-refractivity contribution in [3.8, 4) is 0 Å². The lowest BCUT2D eigenvalue weighted by Gasteiger charge is -2.43. The van der Waals surface area contributed by atoms with E-state index < -0.39 is 13.9 Å². The highest BCUT2D eigenvalue weighted by atomic mass is 28.4. The van der Waals surface area contributed by atoms with E-state index in [1.54, 1.807) is 18.0 Å². The fourth-order valence-corrected chi connectivity index (χ4v) is 6.97. The van der Waals surface area contributed by atoms with Crippen molar-refractivity contribution in [2.24, 2.45) is 0 Å². The zero-order chi connectivity index (χ0) is 33.9. The number of carbonyl (C=O) groups excluding carboxylic acids is 2. The molecule has 0 bridgehead atoms. The van der Waals surface area contributed by atoms with E-state index in [1.165, 1.54) is 0 Å². The van der Waals surface area contributed by atoms with Gasteiger partial charge in [0.15, 0.2) is 8.32 Å². The highest BCUT2D eigenvalue weighted by Gasteiger charge is 2.47. The van der Waals surface area contributed by atoms with Crippen molar-refractivity contribution in [2.45, 2.75) is 109 Å². The Bertz CT molecular complexity index is 1480. The normalized spacial score (nSPS) is 17.9. The second kappa shape index (κ2) is 14.0. The van der Waals surface area contributed by atoms with Crippen LogP contribution < -0.4 is 5.73 Å². The van der Waals surface area contributed by atoms with Gasteiger partial charge >= 0.3 is 6.09 Å². The van der Waals surface area contributed by atoms with E-state index in [1.807, 2.05) is 80.3 Å². The molecule has 248 valence electrons. The molecule has 1 aliphatic rings. The van der Waals surface area contributed by atoms with Gasteiger partial charge in [0.1, 0.15) is 11.4 Å². The van der Waals surface area contributed by atoms with Crippen molar-refractivity contribution >= 4 is 26.1 Å². The number of nitrogens with two attached hydrogens (primary N) is 1. The van der Waals surface area contributed by atoms with Gasteiger partial charge in [-0.1, -0.05) is 69.3 Å². The van der Waals surface area contributed by atoms with Gasteiger partial charge in [0.2, 0.25) is 0 Å². The number of nitrogen functional groups attached to an aromatic ring is 1. The van der Waals surface area contributed by atoms with E-state index in [2.05, 4.69) is 51.0 Å². The molecular weight excluding hydrogens is 593 g/mol. The third kappa shape index (κ3) is 8.76. The molecule has 0 saturated carbocycles. The van der Waals surface area contributed by atoms with Gasteiger partial charge in [-0.25, -0.2) is 9.78 Å². The summed E-state index contributed by atoms with van der Waals surface area (Å²) in [5.74, 6) is 0.333. The Morgan fingerprint density at radius 3 is 2.20 bits per heavy atom. The van der Waals surface area contributed by atoms with Crippen LogP contribution in [0.5, 0.6) is 0 Å². The first-order chi connectivity index (χ1) is 21.4. The molecular formula is C37H52N4O4Si. The molecule has 1 fully saturated rings. The van der Waals surface area contributed by atoms with Crippen LogP contribution >= 0.6 is 0 Å². The van der Waals surface area contributed by atoms with E-state index >= 15 is 0 Å². The molecule has 9 heteroatoms. The fraction of sp³-hybridized carbons (Fsp3) is 0.486. The molecule has 1 saturated heterocycles. The highest BCUT2D eigenvalue weighted by Crippen LogP contribution is 2.44. The van der Waals surface area contributed by atoms with E-state index in [0.29, 0.717) is 24.3 Å². The number of anilines is 1. The first-order valence-electron chi connectivity index (χ1n) is 16.2. The molecule has 8 nitrogen and oxygen atoms in total. The molecule has 3 atom stereocenters. The summed E-state index contributed by atoms with van der Waals surface area (Å²) in [6, 6.07) is 23.2. The van der Waals surface area contributed by atoms with Gasteiger partial charge in [-0.15, -0.1) is 0 Å². The zero-order valence-corrected chi connectivity index (χ0v) is 30.0. The van der Waals surface area contributed by atoms with Crippen LogP contribution in [-0.2, 0) is 22.1 Å². The van der Waals surface area contributed by atoms with Gasteiger partial charge in [-0.2, -0.15) is 0 Å². The zero-order valence-electron chi connectivity index (χ0n) is 29.0. The summed E-state index contributed by atoms with van der Waals surface area (Å²) in [6.07, 6.45) is 1.69. The summed E-state index contributed by atoms with van der Waals surface area (Å²) >= 11 is 0. The fourth-order valence-electron chi connectivity index (χ4n) is 5.69. The number of rotatable bonds is 9. The number of aromatic nitrogens is 1. The Labute approximate surface area is 276 Å². The van der Waals surface area contributed by atoms with Gasteiger partial charge in [0.25, 0.3) is 5.91 Å². The number of hydrogen-bond donors (Lipinski definition) is 1. The summed E-state index contributed by atoms with van der Waals surface area (Å²) in [5.41, 5.74) is 8.63. The van der Waals surface area contributed by atoms with Crippen molar-refractivity contribution in [1.29, 1.82) is 0 Å². The lowest BCUT2D eigenvalue weighted by Crippen LogP contribution is -2.50. The minimum atomic E-state index is -2.20. The third-order valence-corrected chi connectivity index (χ3v) is 13.6. The van der Waals surface area contributed by atoms with Gasteiger partial charge in [0.05, 0.1) is 24.4 Å². The molecule has 1 aliphatic heterocycles. The van der Waals surface area contributed by atoms with Gasteiger partial charge in [0, 0.05) is 18.7 Å². The Kier molecular flexibility index (Phi) is 10.7. The van der Waals surface area contributed by atoms with E-state index in [4.69, 9.17) is 14.9 Å². The maximum absolute atomic E-state index is 14.0. The maximum atomic E-state index is 14.0. The third-order valence-electron chi connectivity index (χ3n) is 9.10. The van der Waals surface area contributed by atoms with Crippen LogP contribution in [0.2, 0.25) is 18.1 Å². The van der Waals surface area contributed by atoms with E-state index in [0.717, 1.165) is 29.7 Å². The molecule has 2 aromatic carbocycles. The average Bonchev–Trinajstić information content (AvgIpc) is 3.38. The number of benzene rings is 2. The number of carbonyl (C=O) groups is 2. The second-order valence-electron chi connectivity index (χ2n) is 15.0. The van der Waals surface area contributed by atoms with Crippen LogP contribution in [0.4, 0.5) is 10.6 Å². The molecule has 0 unspecified atom stereocenters. The Morgan fingerprint density at radius 1 is 0.957 bits per heavy atom. The van der Waals surface area contributed by atoms with E-state index in [9.17, 15) is 9.59 Å². The Balaban J connectivity index is 1.58. The standard InChI is InChI=1S/C37H52N4O4Si/c1-36(2,3)44-35(43)41-30(22-23-31(41)33(27-14-11-10-12-15-27)45-46(8,9)37(4,5)6)24-26-18-20-28(21-19-26)34(42)40(7)25-29-16-13-17-32(38)39-29/h10-21,30-31,33H,22-25H2,1-9H3,(H2,38,39)/t30-,31+,33-/m1/s1. The molecule has 2 amide bonds. The highest BCUT2D eigenvalue weighted by molar-refractivity contribution is 6.74. The monoisotopic (exact) mass is 644 g/mol. The number of pyridine rings is 1. The Hall–Kier alpha value is -3.69. The molecule has 0 radical (unpaired) electrons. The predicted molar refractivity (Wildman–Crippen MR) is 187 cm³/mol. The number of amides is 2. The van der Waals surface area contributed by atoms with Crippen molar-refractivity contribution in [3.63, 3.8) is 0 Å². The van der Waals surface area contributed by atoms with Crippen molar-refractivity contribution in [2.75, 3.05) is 12.8 Å². The van der Waals surface area contributed by atoms with E-state index in [-0.39, 0.29) is 35.2 Å². The van der Waals surface area contributed by atoms with Crippen molar-refractivity contribution in [1.82, 2.24) is 14.8 Å². The van der Waals surface area contributed by atoms with Crippen molar-refractivity contribution < 1.29 is 18.8 Å². The van der Waals surface area contributed by atoms with Crippen LogP contribution in [0.25, 0.3) is 0 Å². The summed E-state index contributed by atoms with van der Waals surface area (Å²) in [5, 5.41) is 0.00694. The van der Waals surface area contributed by atoms with Crippen LogP contribution in [0, 0.1) is 0 Å². The maximum Gasteiger partial charge on any atom is 0.410 e. The molecule has 1 aromatic heterocycles. The molecule has 0 spiro atoms. The second-order valence-corrected chi connectivity index (χ2v) is 19.8. The number of hydrogen-bond acceptors (Lipinski definition) is 6. The van der Waals surface area contributed by atoms with Gasteiger partial charge < -0.3 is 19.8 Å². The molecule has 46 heavy (non-hydrogen) atoms. The molecule has 2 heterocycles. The van der Waals surface area contributed by atoms with Crippen molar-refractivity contribution in [3.05, 3.63) is 95.2 Å². The summed E-state index contributed by atoms with van der Waals surface area (Å²) in [6.45, 7) is 17.3. The van der Waals surface area contributed by atoms with Gasteiger partial charge in [-0.05, 0) is 93.6 Å². The first-order valence-corrected chi connectivity index (χ1v) is 19.2. The lowest BCUT2D eigenvalue weighted by molar-refractivity contribution is -0.00239. The summed E-state index contributed by atoms with van der Waals surface area (Å²) in [7, 11) is -0.447. The predicted octanol–water partition coefficient (Wildman–Crippen LogP) is 8.01.